The fraction of sp³-hybridized carbons (Fsp3) is 0.588. The first kappa shape index (κ1) is 16.4. The molecule has 0 aliphatic heterocycles. The molecule has 0 saturated heterocycles. The van der Waals surface area contributed by atoms with Gasteiger partial charge in [0.25, 0.3) is 0 Å². The van der Waals surface area contributed by atoms with E-state index in [4.69, 9.17) is 18.0 Å². The Labute approximate surface area is 133 Å². The molecular formula is C17H26N2OS. The summed E-state index contributed by atoms with van der Waals surface area (Å²) in [6, 6.07) is 8.17. The lowest BCUT2D eigenvalue weighted by Gasteiger charge is -2.37. The van der Waals surface area contributed by atoms with Crippen molar-refractivity contribution in [3.63, 3.8) is 0 Å². The van der Waals surface area contributed by atoms with Crippen molar-refractivity contribution in [3.8, 4) is 0 Å². The summed E-state index contributed by atoms with van der Waals surface area (Å²) in [5, 5.41) is 10.4. The smallest absolute Gasteiger partial charge is 0.103 e. The van der Waals surface area contributed by atoms with Crippen LogP contribution in [0.3, 0.4) is 0 Å². The van der Waals surface area contributed by atoms with E-state index in [-0.39, 0.29) is 0 Å². The van der Waals surface area contributed by atoms with Crippen LogP contribution in [0, 0.1) is 5.92 Å². The molecule has 0 amide bonds. The van der Waals surface area contributed by atoms with Gasteiger partial charge in [0.2, 0.25) is 0 Å². The van der Waals surface area contributed by atoms with E-state index in [0.29, 0.717) is 23.5 Å². The zero-order valence-corrected chi connectivity index (χ0v) is 13.8. The number of benzene rings is 1. The first-order valence-electron chi connectivity index (χ1n) is 7.77. The van der Waals surface area contributed by atoms with E-state index in [0.717, 1.165) is 11.1 Å². The van der Waals surface area contributed by atoms with E-state index in [9.17, 15) is 5.11 Å². The number of hydrogen-bond acceptors (Lipinski definition) is 3. The normalized spacial score (nSPS) is 24.0. The van der Waals surface area contributed by atoms with Crippen LogP contribution < -0.4 is 5.73 Å². The van der Waals surface area contributed by atoms with Gasteiger partial charge in [-0.05, 0) is 31.4 Å². The van der Waals surface area contributed by atoms with Gasteiger partial charge in [0, 0.05) is 18.2 Å². The van der Waals surface area contributed by atoms with Gasteiger partial charge in [-0.2, -0.15) is 0 Å². The molecule has 2 rings (SSSR count). The van der Waals surface area contributed by atoms with Crippen LogP contribution in [-0.2, 0) is 0 Å². The van der Waals surface area contributed by atoms with Crippen LogP contribution in [0.2, 0.25) is 0 Å². The largest absolute Gasteiger partial charge is 0.389 e. The van der Waals surface area contributed by atoms with E-state index >= 15 is 0 Å². The van der Waals surface area contributed by atoms with E-state index in [1.165, 1.54) is 25.7 Å². The van der Waals surface area contributed by atoms with Crippen LogP contribution in [0.15, 0.2) is 24.3 Å². The fourth-order valence-corrected chi connectivity index (χ4v) is 3.47. The Morgan fingerprint density at radius 2 is 1.95 bits per heavy atom. The van der Waals surface area contributed by atoms with E-state index < -0.39 is 6.10 Å². The molecule has 0 aromatic heterocycles. The number of rotatable bonds is 5. The molecule has 0 radical (unpaired) electrons. The lowest BCUT2D eigenvalue weighted by Crippen LogP contribution is -2.41. The first-order valence-corrected chi connectivity index (χ1v) is 8.18. The van der Waals surface area contributed by atoms with E-state index in [2.05, 4.69) is 18.9 Å². The summed E-state index contributed by atoms with van der Waals surface area (Å²) in [5.74, 6) is 0.716. The van der Waals surface area contributed by atoms with Gasteiger partial charge < -0.3 is 15.7 Å². The summed E-state index contributed by atoms with van der Waals surface area (Å²) in [7, 11) is 2.12. The van der Waals surface area contributed by atoms with Crippen molar-refractivity contribution in [1.29, 1.82) is 0 Å². The summed E-state index contributed by atoms with van der Waals surface area (Å²) in [4.78, 5) is 2.71. The predicted molar refractivity (Wildman–Crippen MR) is 91.3 cm³/mol. The Hall–Kier alpha value is -0.970. The van der Waals surface area contributed by atoms with Crippen LogP contribution in [-0.4, -0.2) is 34.6 Å². The molecule has 3 unspecified atom stereocenters. The summed E-state index contributed by atoms with van der Waals surface area (Å²) in [5.41, 5.74) is 7.36. The highest BCUT2D eigenvalue weighted by atomic mass is 32.1. The maximum atomic E-state index is 10.4. The average Bonchev–Trinajstić information content (AvgIpc) is 2.47. The second-order valence-electron chi connectivity index (χ2n) is 6.27. The predicted octanol–water partition coefficient (Wildman–Crippen LogP) is 2.86. The molecule has 1 aliphatic rings. The molecule has 0 spiro atoms. The van der Waals surface area contributed by atoms with Crippen molar-refractivity contribution in [3.05, 3.63) is 35.4 Å². The zero-order valence-electron chi connectivity index (χ0n) is 13.0. The third-order valence-corrected chi connectivity index (χ3v) is 4.91. The summed E-state index contributed by atoms with van der Waals surface area (Å²) in [6.07, 6.45) is 4.72. The molecule has 21 heavy (non-hydrogen) atoms. The standard InChI is InChI=1S/C17H26N2OS/c1-12-5-3-4-6-15(12)19(2)11-16(20)13-7-9-14(10-8-13)17(18)21/h7-10,12,15-16,20H,3-6,11H2,1-2H3,(H2,18,21). The van der Waals surface area contributed by atoms with Gasteiger partial charge in [-0.15, -0.1) is 0 Å². The number of aliphatic hydroxyl groups excluding tert-OH is 1. The van der Waals surface area contributed by atoms with Gasteiger partial charge in [0.1, 0.15) is 4.99 Å². The fourth-order valence-electron chi connectivity index (χ4n) is 3.33. The van der Waals surface area contributed by atoms with Crippen molar-refractivity contribution in [2.45, 2.75) is 44.8 Å². The second kappa shape index (κ2) is 7.34. The minimum absolute atomic E-state index is 0.393. The molecule has 1 saturated carbocycles. The van der Waals surface area contributed by atoms with Gasteiger partial charge in [-0.25, -0.2) is 0 Å². The summed E-state index contributed by atoms with van der Waals surface area (Å²) >= 11 is 4.95. The van der Waals surface area contributed by atoms with Gasteiger partial charge in [0.15, 0.2) is 0 Å². The van der Waals surface area contributed by atoms with Crippen molar-refractivity contribution < 1.29 is 5.11 Å². The number of nitrogens with zero attached hydrogens (tertiary/aromatic N) is 1. The maximum absolute atomic E-state index is 10.4. The number of aliphatic hydroxyl groups is 1. The molecule has 1 aromatic rings. The van der Waals surface area contributed by atoms with Crippen LogP contribution >= 0.6 is 12.2 Å². The molecular weight excluding hydrogens is 280 g/mol. The van der Waals surface area contributed by atoms with Crippen molar-refractivity contribution >= 4 is 17.2 Å². The number of hydrogen-bond donors (Lipinski definition) is 2. The number of nitrogens with two attached hydrogens (primary N) is 1. The summed E-state index contributed by atoms with van der Waals surface area (Å²) in [6.45, 7) is 2.99. The third-order valence-electron chi connectivity index (χ3n) is 4.67. The molecule has 1 fully saturated rings. The molecule has 3 N–H and O–H groups in total. The highest BCUT2D eigenvalue weighted by Gasteiger charge is 2.26. The lowest BCUT2D eigenvalue weighted by molar-refractivity contribution is 0.0710. The average molecular weight is 306 g/mol. The molecule has 1 aliphatic carbocycles. The Bertz CT molecular complexity index is 474. The topological polar surface area (TPSA) is 49.5 Å². The Kier molecular flexibility index (Phi) is 5.73. The third kappa shape index (κ3) is 4.25. The van der Waals surface area contributed by atoms with E-state index in [1.54, 1.807) is 0 Å². The highest BCUT2D eigenvalue weighted by Crippen LogP contribution is 2.28. The van der Waals surface area contributed by atoms with Gasteiger partial charge >= 0.3 is 0 Å². The first-order chi connectivity index (χ1) is 9.99. The van der Waals surface area contributed by atoms with Crippen LogP contribution in [0.25, 0.3) is 0 Å². The maximum Gasteiger partial charge on any atom is 0.103 e. The Morgan fingerprint density at radius 3 is 2.52 bits per heavy atom. The summed E-state index contributed by atoms with van der Waals surface area (Å²) < 4.78 is 0. The van der Waals surface area contributed by atoms with Crippen LogP contribution in [0.4, 0.5) is 0 Å². The van der Waals surface area contributed by atoms with Crippen LogP contribution in [0.1, 0.15) is 49.8 Å². The zero-order chi connectivity index (χ0) is 15.4. The Balaban J connectivity index is 1.96. The minimum atomic E-state index is -0.468. The molecule has 116 valence electrons. The molecule has 4 heteroatoms. The van der Waals surface area contributed by atoms with Gasteiger partial charge in [0.05, 0.1) is 6.10 Å². The number of likely N-dealkylation sites (N-methyl/N-ethyl adjacent to an activating group) is 1. The SMILES string of the molecule is CC1CCCCC1N(C)CC(O)c1ccc(C(N)=S)cc1. The second-order valence-corrected chi connectivity index (χ2v) is 6.71. The Morgan fingerprint density at radius 1 is 1.33 bits per heavy atom. The lowest BCUT2D eigenvalue weighted by atomic mass is 9.85. The molecule has 1 aromatic carbocycles. The van der Waals surface area contributed by atoms with Gasteiger partial charge in [-0.1, -0.05) is 56.2 Å². The quantitative estimate of drug-likeness (QED) is 0.821. The van der Waals surface area contributed by atoms with Gasteiger partial charge in [-0.3, -0.25) is 0 Å². The monoisotopic (exact) mass is 306 g/mol. The highest BCUT2D eigenvalue weighted by molar-refractivity contribution is 7.80. The number of thiocarbonyl (C=S) groups is 1. The van der Waals surface area contributed by atoms with Crippen LogP contribution in [0.5, 0.6) is 0 Å². The van der Waals surface area contributed by atoms with Crippen molar-refractivity contribution in [2.24, 2.45) is 11.7 Å². The van der Waals surface area contributed by atoms with E-state index in [1.807, 2.05) is 24.3 Å². The van der Waals surface area contributed by atoms with Crippen molar-refractivity contribution in [2.75, 3.05) is 13.6 Å². The minimum Gasteiger partial charge on any atom is -0.389 e. The molecule has 0 bridgehead atoms. The molecule has 3 atom stereocenters. The molecule has 3 nitrogen and oxygen atoms in total. The van der Waals surface area contributed by atoms with Crippen molar-refractivity contribution in [1.82, 2.24) is 4.90 Å². The molecule has 0 heterocycles.